The van der Waals surface area contributed by atoms with Crippen molar-refractivity contribution in [2.75, 3.05) is 0 Å². The number of rotatable bonds is 5. The third-order valence-corrected chi connectivity index (χ3v) is 3.50. The van der Waals surface area contributed by atoms with Gasteiger partial charge in [0.2, 0.25) is 0 Å². The molecule has 0 aliphatic heterocycles. The molecule has 1 aromatic carbocycles. The molecule has 0 saturated carbocycles. The maximum absolute atomic E-state index is 12.0. The van der Waals surface area contributed by atoms with Crippen LogP contribution in [0.1, 0.15) is 27.6 Å². The molecule has 0 bridgehead atoms. The van der Waals surface area contributed by atoms with E-state index in [1.807, 2.05) is 37.3 Å². The number of aromatic nitrogens is 2. The van der Waals surface area contributed by atoms with Gasteiger partial charge in [0, 0.05) is 11.2 Å². The van der Waals surface area contributed by atoms with Gasteiger partial charge in [-0.3, -0.25) is 9.48 Å². The molecule has 0 radical (unpaired) electrons. The fourth-order valence-electron chi connectivity index (χ4n) is 2.08. The highest BCUT2D eigenvalue weighted by Gasteiger charge is 2.08. The monoisotopic (exact) mass is 342 g/mol. The van der Waals surface area contributed by atoms with Crippen LogP contribution in [0.25, 0.3) is 0 Å². The molecule has 0 aliphatic carbocycles. The predicted octanol–water partition coefficient (Wildman–Crippen LogP) is 3.25. The Morgan fingerprint density at radius 2 is 2.08 bits per heavy atom. The summed E-state index contributed by atoms with van der Waals surface area (Å²) < 4.78 is 7.00. The van der Waals surface area contributed by atoms with Crippen LogP contribution < -0.4 is 5.43 Å². The molecule has 24 heavy (non-hydrogen) atoms. The number of nitrogens with zero attached hydrogens (tertiary/aromatic N) is 3. The van der Waals surface area contributed by atoms with Crippen molar-refractivity contribution in [3.8, 4) is 0 Å². The Hall–Kier alpha value is -2.86. The van der Waals surface area contributed by atoms with E-state index in [1.54, 1.807) is 23.0 Å². The van der Waals surface area contributed by atoms with Gasteiger partial charge in [0.15, 0.2) is 5.69 Å². The van der Waals surface area contributed by atoms with Crippen molar-refractivity contribution in [1.82, 2.24) is 15.2 Å². The summed E-state index contributed by atoms with van der Waals surface area (Å²) in [6, 6.07) is 12.7. The van der Waals surface area contributed by atoms with Crippen LogP contribution in [-0.2, 0) is 6.54 Å². The van der Waals surface area contributed by atoms with E-state index in [1.165, 1.54) is 6.21 Å². The van der Waals surface area contributed by atoms with E-state index in [-0.39, 0.29) is 11.6 Å². The van der Waals surface area contributed by atoms with E-state index in [9.17, 15) is 4.79 Å². The summed E-state index contributed by atoms with van der Waals surface area (Å²) >= 11 is 5.86. The quantitative estimate of drug-likeness (QED) is 0.571. The van der Waals surface area contributed by atoms with Crippen LogP contribution in [-0.4, -0.2) is 21.9 Å². The molecule has 1 N–H and O–H groups in total. The number of furan rings is 1. The maximum Gasteiger partial charge on any atom is 0.291 e. The molecule has 1 amide bonds. The highest BCUT2D eigenvalue weighted by atomic mass is 35.5. The van der Waals surface area contributed by atoms with Crippen LogP contribution >= 0.6 is 11.6 Å². The molecule has 7 heteroatoms. The van der Waals surface area contributed by atoms with Gasteiger partial charge in [-0.2, -0.15) is 10.2 Å². The molecule has 3 rings (SSSR count). The Labute approximate surface area is 143 Å². The van der Waals surface area contributed by atoms with Crippen LogP contribution in [0, 0.1) is 6.92 Å². The van der Waals surface area contributed by atoms with E-state index in [4.69, 9.17) is 16.0 Å². The second-order valence-corrected chi connectivity index (χ2v) is 5.61. The smallest absolute Gasteiger partial charge is 0.291 e. The first-order valence-corrected chi connectivity index (χ1v) is 7.66. The SMILES string of the molecule is Cc1ccc(/C=N\NC(=O)c2ccn(Cc3ccc(Cl)cc3)n2)o1. The lowest BCUT2D eigenvalue weighted by Crippen LogP contribution is -2.18. The van der Waals surface area contributed by atoms with Crippen molar-refractivity contribution < 1.29 is 9.21 Å². The number of hydrogen-bond acceptors (Lipinski definition) is 4. The lowest BCUT2D eigenvalue weighted by atomic mass is 10.2. The Balaban J connectivity index is 1.59. The molecule has 0 unspecified atom stereocenters. The molecule has 0 fully saturated rings. The number of hydrazone groups is 1. The van der Waals surface area contributed by atoms with E-state index in [0.717, 1.165) is 11.3 Å². The largest absolute Gasteiger partial charge is 0.460 e. The number of carbonyl (C=O) groups excluding carboxylic acids is 1. The highest BCUT2D eigenvalue weighted by Crippen LogP contribution is 2.10. The lowest BCUT2D eigenvalue weighted by Gasteiger charge is -2.02. The van der Waals surface area contributed by atoms with Gasteiger partial charge in [0.25, 0.3) is 5.91 Å². The standard InChI is InChI=1S/C17H15ClN4O2/c1-12-2-7-15(24-12)10-19-20-17(23)16-8-9-22(21-16)11-13-3-5-14(18)6-4-13/h2-10H,11H2,1H3,(H,20,23)/b19-10-. The number of aryl methyl sites for hydroxylation is 1. The maximum atomic E-state index is 12.0. The molecule has 2 heterocycles. The second kappa shape index (κ2) is 7.14. The van der Waals surface area contributed by atoms with Gasteiger partial charge in [-0.15, -0.1) is 0 Å². The number of hydrogen-bond donors (Lipinski definition) is 1. The second-order valence-electron chi connectivity index (χ2n) is 5.17. The number of benzene rings is 1. The van der Waals surface area contributed by atoms with Gasteiger partial charge in [0.05, 0.1) is 12.8 Å². The van der Waals surface area contributed by atoms with Crippen molar-refractivity contribution >= 4 is 23.7 Å². The van der Waals surface area contributed by atoms with Crippen LogP contribution in [0.2, 0.25) is 5.02 Å². The first-order valence-electron chi connectivity index (χ1n) is 7.28. The molecule has 2 aromatic heterocycles. The van der Waals surface area contributed by atoms with E-state index >= 15 is 0 Å². The summed E-state index contributed by atoms with van der Waals surface area (Å²) in [6.45, 7) is 2.39. The van der Waals surface area contributed by atoms with Gasteiger partial charge in [-0.25, -0.2) is 5.43 Å². The number of carbonyl (C=O) groups is 1. The fraction of sp³-hybridized carbons (Fsp3) is 0.118. The minimum Gasteiger partial charge on any atom is -0.460 e. The summed E-state index contributed by atoms with van der Waals surface area (Å²) in [5.41, 5.74) is 3.75. The number of nitrogens with one attached hydrogen (secondary N) is 1. The molecule has 0 atom stereocenters. The zero-order valence-corrected chi connectivity index (χ0v) is 13.7. The zero-order chi connectivity index (χ0) is 16.9. The lowest BCUT2D eigenvalue weighted by molar-refractivity contribution is 0.0949. The van der Waals surface area contributed by atoms with E-state index < -0.39 is 0 Å². The van der Waals surface area contributed by atoms with Crippen molar-refractivity contribution in [2.24, 2.45) is 5.10 Å². The molecule has 6 nitrogen and oxygen atoms in total. The number of amides is 1. The van der Waals surface area contributed by atoms with Crippen molar-refractivity contribution in [2.45, 2.75) is 13.5 Å². The molecule has 122 valence electrons. The van der Waals surface area contributed by atoms with Gasteiger partial charge < -0.3 is 4.42 Å². The van der Waals surface area contributed by atoms with Gasteiger partial charge in [-0.05, 0) is 42.8 Å². The first-order chi connectivity index (χ1) is 11.6. The van der Waals surface area contributed by atoms with Crippen LogP contribution in [0.3, 0.4) is 0 Å². The highest BCUT2D eigenvalue weighted by molar-refractivity contribution is 6.30. The molecule has 3 aromatic rings. The van der Waals surface area contributed by atoms with Crippen molar-refractivity contribution in [3.05, 3.63) is 76.5 Å². The molecule has 0 aliphatic rings. The normalized spacial score (nSPS) is 11.1. The van der Waals surface area contributed by atoms with E-state index in [2.05, 4.69) is 15.6 Å². The third-order valence-electron chi connectivity index (χ3n) is 3.25. The molecule has 0 spiro atoms. The number of halogens is 1. The Morgan fingerprint density at radius 3 is 2.79 bits per heavy atom. The molecular weight excluding hydrogens is 328 g/mol. The Morgan fingerprint density at radius 1 is 1.29 bits per heavy atom. The van der Waals surface area contributed by atoms with Crippen molar-refractivity contribution in [1.29, 1.82) is 0 Å². The van der Waals surface area contributed by atoms with Crippen molar-refractivity contribution in [3.63, 3.8) is 0 Å². The van der Waals surface area contributed by atoms with Crippen LogP contribution in [0.15, 0.2) is 58.2 Å². The molecule has 0 saturated heterocycles. The topological polar surface area (TPSA) is 72.4 Å². The van der Waals surface area contributed by atoms with Crippen LogP contribution in [0.4, 0.5) is 0 Å². The summed E-state index contributed by atoms with van der Waals surface area (Å²) in [4.78, 5) is 12.0. The van der Waals surface area contributed by atoms with E-state index in [0.29, 0.717) is 17.3 Å². The Kier molecular flexibility index (Phi) is 4.77. The Bertz CT molecular complexity index is 865. The minimum absolute atomic E-state index is 0.289. The summed E-state index contributed by atoms with van der Waals surface area (Å²) in [6.07, 6.45) is 3.18. The third kappa shape index (κ3) is 4.11. The fourth-order valence-corrected chi connectivity index (χ4v) is 2.21. The zero-order valence-electron chi connectivity index (χ0n) is 12.9. The van der Waals surface area contributed by atoms with Gasteiger partial charge in [-0.1, -0.05) is 23.7 Å². The predicted molar refractivity (Wildman–Crippen MR) is 91.3 cm³/mol. The minimum atomic E-state index is -0.385. The molecular formula is C17H15ClN4O2. The summed E-state index contributed by atoms with van der Waals surface area (Å²) in [5, 5.41) is 8.77. The summed E-state index contributed by atoms with van der Waals surface area (Å²) in [7, 11) is 0. The first kappa shape index (κ1) is 16.0. The average Bonchev–Trinajstić information content (AvgIpc) is 3.19. The van der Waals surface area contributed by atoms with Crippen LogP contribution in [0.5, 0.6) is 0 Å². The summed E-state index contributed by atoms with van der Waals surface area (Å²) in [5.74, 6) is 0.967. The van der Waals surface area contributed by atoms with Gasteiger partial charge in [0.1, 0.15) is 11.5 Å². The van der Waals surface area contributed by atoms with Gasteiger partial charge >= 0.3 is 0 Å². The average molecular weight is 343 g/mol.